The number of nitrogens with one attached hydrogen (secondary N) is 1. The van der Waals surface area contributed by atoms with Crippen LogP contribution in [-0.4, -0.2) is 34.9 Å². The van der Waals surface area contributed by atoms with Crippen LogP contribution in [0.25, 0.3) is 0 Å². The summed E-state index contributed by atoms with van der Waals surface area (Å²) < 4.78 is 0. The Morgan fingerprint density at radius 2 is 2.09 bits per heavy atom. The van der Waals surface area contributed by atoms with Crippen LogP contribution in [0.4, 0.5) is 5.69 Å². The van der Waals surface area contributed by atoms with E-state index < -0.39 is 5.72 Å². The Bertz CT molecular complexity index is 632. The lowest BCUT2D eigenvalue weighted by molar-refractivity contribution is -0.252. The van der Waals surface area contributed by atoms with Crippen LogP contribution in [0.3, 0.4) is 0 Å². The number of fused-ring (bicyclic) bond motifs is 1. The zero-order valence-corrected chi connectivity index (χ0v) is 13.4. The van der Waals surface area contributed by atoms with Crippen molar-refractivity contribution in [3.05, 3.63) is 29.8 Å². The van der Waals surface area contributed by atoms with Crippen molar-refractivity contribution < 1.29 is 5.11 Å². The number of aliphatic hydroxyl groups is 1. The van der Waals surface area contributed by atoms with Crippen molar-refractivity contribution in [2.75, 3.05) is 18.4 Å². The van der Waals surface area contributed by atoms with Crippen molar-refractivity contribution in [3.63, 3.8) is 0 Å². The van der Waals surface area contributed by atoms with E-state index in [1.807, 2.05) is 0 Å². The first-order chi connectivity index (χ1) is 10.7. The maximum atomic E-state index is 12.2. The molecule has 3 nitrogen and oxygen atoms in total. The van der Waals surface area contributed by atoms with Crippen LogP contribution in [-0.2, 0) is 5.41 Å². The van der Waals surface area contributed by atoms with Gasteiger partial charge >= 0.3 is 0 Å². The van der Waals surface area contributed by atoms with Gasteiger partial charge in [-0.25, -0.2) is 0 Å². The van der Waals surface area contributed by atoms with Crippen LogP contribution >= 0.6 is 0 Å². The van der Waals surface area contributed by atoms with Crippen LogP contribution in [0.15, 0.2) is 24.3 Å². The minimum absolute atomic E-state index is 0.0807. The second-order valence-corrected chi connectivity index (χ2v) is 7.90. The van der Waals surface area contributed by atoms with Gasteiger partial charge in [0.2, 0.25) is 0 Å². The number of piperidine rings is 1. The summed E-state index contributed by atoms with van der Waals surface area (Å²) in [6.45, 7) is 4.40. The molecule has 0 unspecified atom stereocenters. The molecule has 1 aliphatic carbocycles. The first-order valence-corrected chi connectivity index (χ1v) is 9.01. The van der Waals surface area contributed by atoms with Gasteiger partial charge in [0.15, 0.2) is 0 Å². The van der Waals surface area contributed by atoms with Crippen molar-refractivity contribution in [1.29, 1.82) is 0 Å². The second kappa shape index (κ2) is 4.07. The fourth-order valence-electron chi connectivity index (χ4n) is 6.67. The van der Waals surface area contributed by atoms with Crippen LogP contribution < -0.4 is 5.32 Å². The Labute approximate surface area is 132 Å². The summed E-state index contributed by atoms with van der Waals surface area (Å²) in [6.07, 6.45) is 6.97. The first-order valence-electron chi connectivity index (χ1n) is 9.01. The highest BCUT2D eigenvalue weighted by Crippen LogP contribution is 2.68. The van der Waals surface area contributed by atoms with Gasteiger partial charge < -0.3 is 10.4 Å². The predicted octanol–water partition coefficient (Wildman–Crippen LogP) is 3.10. The molecule has 1 spiro atoms. The molecule has 3 fully saturated rings. The van der Waals surface area contributed by atoms with E-state index in [0.717, 1.165) is 32.4 Å². The van der Waals surface area contributed by atoms with Gasteiger partial charge in [0, 0.05) is 30.2 Å². The van der Waals surface area contributed by atoms with Gasteiger partial charge in [-0.15, -0.1) is 0 Å². The second-order valence-electron chi connectivity index (χ2n) is 7.90. The molecule has 0 amide bonds. The van der Waals surface area contributed by atoms with Crippen molar-refractivity contribution in [1.82, 2.24) is 4.90 Å². The van der Waals surface area contributed by atoms with Crippen LogP contribution in [0.5, 0.6) is 0 Å². The quantitative estimate of drug-likeness (QED) is 0.836. The molecule has 3 heterocycles. The molecule has 1 aromatic carbocycles. The predicted molar refractivity (Wildman–Crippen MR) is 87.9 cm³/mol. The van der Waals surface area contributed by atoms with Gasteiger partial charge in [0.1, 0.15) is 5.72 Å². The minimum Gasteiger partial charge on any atom is -0.381 e. The normalized spacial score (nSPS) is 45.8. The molecule has 118 valence electrons. The van der Waals surface area contributed by atoms with E-state index in [1.165, 1.54) is 30.5 Å². The Kier molecular flexibility index (Phi) is 2.47. The third kappa shape index (κ3) is 1.18. The molecule has 1 saturated carbocycles. The van der Waals surface area contributed by atoms with E-state index in [4.69, 9.17) is 0 Å². The molecule has 5 rings (SSSR count). The first kappa shape index (κ1) is 13.4. The Morgan fingerprint density at radius 3 is 2.95 bits per heavy atom. The van der Waals surface area contributed by atoms with Crippen LogP contribution in [0.2, 0.25) is 0 Å². The van der Waals surface area contributed by atoms with Crippen molar-refractivity contribution in [2.45, 2.75) is 62.6 Å². The Morgan fingerprint density at radius 1 is 1.23 bits per heavy atom. The molecule has 0 bridgehead atoms. The number of hydrogen-bond donors (Lipinski definition) is 2. The summed E-state index contributed by atoms with van der Waals surface area (Å²) in [5, 5.41) is 16.0. The number of anilines is 1. The zero-order chi connectivity index (χ0) is 15.0. The zero-order valence-electron chi connectivity index (χ0n) is 13.4. The average molecular weight is 298 g/mol. The van der Waals surface area contributed by atoms with Gasteiger partial charge in [-0.3, -0.25) is 4.90 Å². The lowest BCUT2D eigenvalue weighted by atomic mass is 9.50. The van der Waals surface area contributed by atoms with Crippen LogP contribution in [0.1, 0.15) is 51.0 Å². The van der Waals surface area contributed by atoms with E-state index in [1.54, 1.807) is 0 Å². The van der Waals surface area contributed by atoms with Crippen molar-refractivity contribution >= 4 is 5.69 Å². The smallest absolute Gasteiger partial charge is 0.135 e. The molecule has 2 N–H and O–H groups in total. The Balaban J connectivity index is 1.79. The Hall–Kier alpha value is -1.06. The molecule has 4 atom stereocenters. The maximum Gasteiger partial charge on any atom is 0.135 e. The number of benzene rings is 1. The van der Waals surface area contributed by atoms with E-state index in [-0.39, 0.29) is 10.8 Å². The average Bonchev–Trinajstić information content (AvgIpc) is 3.04. The van der Waals surface area contributed by atoms with Gasteiger partial charge in [-0.1, -0.05) is 25.1 Å². The fraction of sp³-hybridized carbons (Fsp3) is 0.684. The standard InChI is InChI=1S/C19H26N2O/c1-2-17-9-5-12-21-13-11-18(19(17,21)22)14-6-3-4-7-15(14)20-16(18)8-10-17/h3-4,6-7,16,20,22H,2,5,8-13H2,1H3/t16-,17-,18-,19+/m1/s1. The highest BCUT2D eigenvalue weighted by molar-refractivity contribution is 5.65. The number of rotatable bonds is 1. The number of para-hydroxylation sites is 1. The van der Waals surface area contributed by atoms with E-state index in [0.29, 0.717) is 6.04 Å². The molecular formula is C19H26N2O. The summed E-state index contributed by atoms with van der Waals surface area (Å²) in [6, 6.07) is 9.13. The van der Waals surface area contributed by atoms with E-state index >= 15 is 0 Å². The highest BCUT2D eigenvalue weighted by Gasteiger charge is 2.75. The van der Waals surface area contributed by atoms with Gasteiger partial charge in [-0.05, 0) is 50.2 Å². The molecule has 2 saturated heterocycles. The minimum atomic E-state index is -0.657. The molecule has 3 heteroatoms. The van der Waals surface area contributed by atoms with Gasteiger partial charge in [0.25, 0.3) is 0 Å². The van der Waals surface area contributed by atoms with E-state index in [2.05, 4.69) is 41.4 Å². The third-order valence-corrected chi connectivity index (χ3v) is 7.60. The SMILES string of the molecule is CC[C@@]12CCCN3CC[C@]4(c5ccccc5N[C@@H]4CC1)[C@]32O. The lowest BCUT2D eigenvalue weighted by Gasteiger charge is -2.63. The largest absolute Gasteiger partial charge is 0.381 e. The van der Waals surface area contributed by atoms with Gasteiger partial charge in [0.05, 0.1) is 5.41 Å². The molecule has 0 radical (unpaired) electrons. The lowest BCUT2D eigenvalue weighted by Crippen LogP contribution is -2.73. The summed E-state index contributed by atoms with van der Waals surface area (Å²) in [7, 11) is 0. The number of hydrogen-bond acceptors (Lipinski definition) is 3. The maximum absolute atomic E-state index is 12.2. The molecule has 3 aliphatic heterocycles. The third-order valence-electron chi connectivity index (χ3n) is 7.60. The summed E-state index contributed by atoms with van der Waals surface area (Å²) in [5.74, 6) is 0. The summed E-state index contributed by atoms with van der Waals surface area (Å²) >= 11 is 0. The van der Waals surface area contributed by atoms with Crippen molar-refractivity contribution in [3.8, 4) is 0 Å². The molecule has 1 aromatic rings. The fourth-order valence-corrected chi connectivity index (χ4v) is 6.67. The highest BCUT2D eigenvalue weighted by atomic mass is 16.3. The number of nitrogens with zero attached hydrogens (tertiary/aromatic N) is 1. The topological polar surface area (TPSA) is 35.5 Å². The van der Waals surface area contributed by atoms with Gasteiger partial charge in [-0.2, -0.15) is 0 Å². The molecule has 4 aliphatic rings. The summed E-state index contributed by atoms with van der Waals surface area (Å²) in [4.78, 5) is 2.44. The molecule has 22 heavy (non-hydrogen) atoms. The van der Waals surface area contributed by atoms with Crippen molar-refractivity contribution in [2.24, 2.45) is 5.41 Å². The molecular weight excluding hydrogens is 272 g/mol. The monoisotopic (exact) mass is 298 g/mol. The van der Waals surface area contributed by atoms with E-state index in [9.17, 15) is 5.11 Å². The van der Waals surface area contributed by atoms with Crippen LogP contribution in [0, 0.1) is 5.41 Å². The summed E-state index contributed by atoms with van der Waals surface area (Å²) in [5.41, 5.74) is 1.97. The molecule has 0 aromatic heterocycles.